The number of pyridine rings is 1. The van der Waals surface area contributed by atoms with E-state index in [2.05, 4.69) is 4.98 Å². The predicted molar refractivity (Wildman–Crippen MR) is 115 cm³/mol. The topological polar surface area (TPSA) is 65.5 Å². The molecule has 0 saturated carbocycles. The second-order valence-corrected chi connectivity index (χ2v) is 6.91. The number of nitrogens with one attached hydrogen (secondary N) is 1. The van der Waals surface area contributed by atoms with Crippen LogP contribution in [0.25, 0.3) is 43.5 Å². The molecule has 29 heavy (non-hydrogen) atoms. The Labute approximate surface area is 166 Å². The first kappa shape index (κ1) is 17.6. The van der Waals surface area contributed by atoms with Gasteiger partial charge in [-0.1, -0.05) is 36.4 Å². The van der Waals surface area contributed by atoms with Gasteiger partial charge in [-0.05, 0) is 12.1 Å². The highest BCUT2D eigenvalue weighted by atomic mass is 16.5. The molecule has 0 unspecified atom stereocenters. The molecule has 2 heterocycles. The van der Waals surface area contributed by atoms with Crippen molar-refractivity contribution < 1.29 is 14.2 Å². The number of fused-ring (bicyclic) bond motifs is 6. The molecule has 0 amide bonds. The monoisotopic (exact) mass is 388 g/mol. The number of hydrogen-bond acceptors (Lipinski definition) is 4. The van der Waals surface area contributed by atoms with Crippen molar-refractivity contribution in [2.75, 3.05) is 21.3 Å². The smallest absolute Gasteiger partial charge is 0.264 e. The minimum Gasteiger partial charge on any atom is -0.495 e. The van der Waals surface area contributed by atoms with E-state index in [1.54, 1.807) is 25.9 Å². The average Bonchev–Trinajstić information content (AvgIpc) is 3.14. The number of aromatic nitrogens is 2. The molecule has 6 nitrogen and oxygen atoms in total. The van der Waals surface area contributed by atoms with Crippen LogP contribution in [0.3, 0.4) is 0 Å². The molecule has 5 aromatic rings. The highest BCUT2D eigenvalue weighted by Gasteiger charge is 2.24. The average molecular weight is 388 g/mol. The number of methoxy groups -OCH3 is 3. The third-order valence-electron chi connectivity index (χ3n) is 5.45. The number of benzene rings is 3. The zero-order valence-corrected chi connectivity index (χ0v) is 16.4. The van der Waals surface area contributed by atoms with Gasteiger partial charge in [-0.15, -0.1) is 0 Å². The summed E-state index contributed by atoms with van der Waals surface area (Å²) in [6, 6.07) is 15.7. The van der Waals surface area contributed by atoms with Gasteiger partial charge in [0.1, 0.15) is 12.5 Å². The first-order chi connectivity index (χ1) is 14.2. The van der Waals surface area contributed by atoms with Crippen molar-refractivity contribution in [3.63, 3.8) is 0 Å². The Morgan fingerprint density at radius 2 is 1.52 bits per heavy atom. The van der Waals surface area contributed by atoms with E-state index in [9.17, 15) is 4.79 Å². The van der Waals surface area contributed by atoms with Crippen LogP contribution in [-0.2, 0) is 11.5 Å². The predicted octanol–water partition coefficient (Wildman–Crippen LogP) is 4.41. The minimum absolute atomic E-state index is 0.146. The lowest BCUT2D eigenvalue weighted by molar-refractivity contribution is 0.132. The molecular formula is C23H20N2O4. The van der Waals surface area contributed by atoms with E-state index >= 15 is 0 Å². The molecule has 0 aliphatic carbocycles. The van der Waals surface area contributed by atoms with Crippen molar-refractivity contribution in [1.29, 1.82) is 0 Å². The van der Waals surface area contributed by atoms with Gasteiger partial charge in [-0.2, -0.15) is 0 Å². The number of para-hydroxylation sites is 2. The Hall–Kier alpha value is -3.51. The number of hydrogen-bond donors (Lipinski definition) is 1. The van der Waals surface area contributed by atoms with E-state index in [1.807, 2.05) is 48.5 Å². The Bertz CT molecular complexity index is 1460. The maximum Gasteiger partial charge on any atom is 0.264 e. The molecule has 0 aliphatic rings. The van der Waals surface area contributed by atoms with Crippen LogP contribution in [0.5, 0.6) is 11.5 Å². The molecular weight excluding hydrogens is 368 g/mol. The summed E-state index contributed by atoms with van der Waals surface area (Å²) >= 11 is 0. The van der Waals surface area contributed by atoms with E-state index in [0.717, 1.165) is 38.1 Å². The van der Waals surface area contributed by atoms with Gasteiger partial charge in [-0.3, -0.25) is 9.36 Å². The van der Waals surface area contributed by atoms with Crippen LogP contribution < -0.4 is 15.0 Å². The van der Waals surface area contributed by atoms with E-state index < -0.39 is 0 Å². The molecule has 2 aromatic heterocycles. The summed E-state index contributed by atoms with van der Waals surface area (Å²) in [5.74, 6) is 1.17. The largest absolute Gasteiger partial charge is 0.495 e. The van der Waals surface area contributed by atoms with Crippen molar-refractivity contribution in [2.45, 2.75) is 6.73 Å². The lowest BCUT2D eigenvalue weighted by atomic mass is 10.00. The molecule has 1 N–H and O–H groups in total. The number of H-pyrrole nitrogens is 1. The zero-order chi connectivity index (χ0) is 20.1. The van der Waals surface area contributed by atoms with Gasteiger partial charge >= 0.3 is 0 Å². The number of nitrogens with zero attached hydrogens (tertiary/aromatic N) is 1. The van der Waals surface area contributed by atoms with Crippen LogP contribution >= 0.6 is 0 Å². The fourth-order valence-electron chi connectivity index (χ4n) is 4.32. The van der Waals surface area contributed by atoms with Crippen molar-refractivity contribution >= 4 is 43.5 Å². The molecule has 0 aliphatic heterocycles. The molecule has 0 fully saturated rings. The van der Waals surface area contributed by atoms with Gasteiger partial charge < -0.3 is 19.2 Å². The zero-order valence-electron chi connectivity index (χ0n) is 16.4. The summed E-state index contributed by atoms with van der Waals surface area (Å²) in [5.41, 5.74) is 2.37. The summed E-state index contributed by atoms with van der Waals surface area (Å²) in [7, 11) is 4.80. The van der Waals surface area contributed by atoms with Gasteiger partial charge in [0.05, 0.1) is 36.0 Å². The van der Waals surface area contributed by atoms with E-state index in [-0.39, 0.29) is 12.3 Å². The maximum absolute atomic E-state index is 13.6. The fraction of sp³-hybridized carbons (Fsp3) is 0.174. The summed E-state index contributed by atoms with van der Waals surface area (Å²) in [5, 5.41) is 3.93. The van der Waals surface area contributed by atoms with Crippen molar-refractivity contribution in [3.05, 3.63) is 58.9 Å². The van der Waals surface area contributed by atoms with E-state index in [1.165, 1.54) is 0 Å². The second-order valence-electron chi connectivity index (χ2n) is 6.91. The third kappa shape index (κ3) is 2.29. The Kier molecular flexibility index (Phi) is 3.96. The normalized spacial score (nSPS) is 11.7. The molecule has 6 heteroatoms. The first-order valence-corrected chi connectivity index (χ1v) is 9.29. The summed E-state index contributed by atoms with van der Waals surface area (Å²) < 4.78 is 18.7. The molecule has 0 saturated heterocycles. The number of ether oxygens (including phenoxy) is 3. The molecule has 0 atom stereocenters. The van der Waals surface area contributed by atoms with Crippen LogP contribution in [0.15, 0.2) is 53.3 Å². The molecule has 0 spiro atoms. The summed E-state index contributed by atoms with van der Waals surface area (Å²) in [4.78, 5) is 17.1. The number of aromatic amines is 1. The van der Waals surface area contributed by atoms with Crippen molar-refractivity contribution in [3.8, 4) is 11.5 Å². The first-order valence-electron chi connectivity index (χ1n) is 9.29. The Morgan fingerprint density at radius 3 is 2.24 bits per heavy atom. The van der Waals surface area contributed by atoms with Crippen LogP contribution in [0.4, 0.5) is 0 Å². The third-order valence-corrected chi connectivity index (χ3v) is 5.45. The van der Waals surface area contributed by atoms with Gasteiger partial charge in [0.15, 0.2) is 5.75 Å². The quantitative estimate of drug-likeness (QED) is 0.463. The van der Waals surface area contributed by atoms with Gasteiger partial charge in [0.2, 0.25) is 0 Å². The highest BCUT2D eigenvalue weighted by Crippen LogP contribution is 2.46. The molecule has 0 bridgehead atoms. The van der Waals surface area contributed by atoms with Crippen LogP contribution in [0.2, 0.25) is 0 Å². The molecule has 3 aromatic carbocycles. The van der Waals surface area contributed by atoms with E-state index in [4.69, 9.17) is 14.2 Å². The molecule has 0 radical (unpaired) electrons. The van der Waals surface area contributed by atoms with E-state index in [0.29, 0.717) is 16.9 Å². The van der Waals surface area contributed by atoms with Crippen LogP contribution in [0.1, 0.15) is 0 Å². The highest BCUT2D eigenvalue weighted by molar-refractivity contribution is 6.24. The van der Waals surface area contributed by atoms with Crippen molar-refractivity contribution in [1.82, 2.24) is 9.55 Å². The van der Waals surface area contributed by atoms with Crippen molar-refractivity contribution in [2.24, 2.45) is 0 Å². The van der Waals surface area contributed by atoms with Gasteiger partial charge in [-0.25, -0.2) is 0 Å². The van der Waals surface area contributed by atoms with Gasteiger partial charge in [0, 0.05) is 28.8 Å². The fourth-order valence-corrected chi connectivity index (χ4v) is 4.32. The minimum atomic E-state index is -0.178. The van der Waals surface area contributed by atoms with Gasteiger partial charge in [0.25, 0.3) is 5.56 Å². The summed E-state index contributed by atoms with van der Waals surface area (Å²) in [6.45, 7) is 0.146. The SMILES string of the molecule is COCn1c(=O)c2c(OC)c3c([nH]c4ccccc43)c(OC)c2c2ccccc21. The van der Waals surface area contributed by atoms with Crippen LogP contribution in [0, 0.1) is 0 Å². The summed E-state index contributed by atoms with van der Waals surface area (Å²) in [6.07, 6.45) is 0. The Balaban J connectivity index is 2.18. The number of rotatable bonds is 4. The molecule has 146 valence electrons. The molecule has 5 rings (SSSR count). The lowest BCUT2D eigenvalue weighted by Crippen LogP contribution is -2.22. The maximum atomic E-state index is 13.6. The second kappa shape index (κ2) is 6.53. The Morgan fingerprint density at radius 1 is 0.828 bits per heavy atom. The standard InChI is InChI=1S/C23H20N2O4/c1-27-12-25-16-11-7-5-9-14(16)17-19(23(25)26)21(28-2)18-13-8-4-6-10-15(13)24-20(18)22(17)29-3/h4-11,24H,12H2,1-3H3. The van der Waals surface area contributed by atoms with Crippen LogP contribution in [-0.4, -0.2) is 30.9 Å². The lowest BCUT2D eigenvalue weighted by Gasteiger charge is -2.17.